The van der Waals surface area contributed by atoms with E-state index in [0.717, 1.165) is 45.2 Å². The summed E-state index contributed by atoms with van der Waals surface area (Å²) in [5.41, 5.74) is 0.540. The van der Waals surface area contributed by atoms with Gasteiger partial charge in [-0.25, -0.2) is 4.98 Å². The van der Waals surface area contributed by atoms with Gasteiger partial charge in [-0.2, -0.15) is 0 Å². The van der Waals surface area contributed by atoms with Crippen LogP contribution in [0.3, 0.4) is 0 Å². The maximum Gasteiger partial charge on any atom is 0.262 e. The number of likely N-dealkylation sites (tertiary alicyclic amines) is 1. The number of hydrogen-bond acceptors (Lipinski definition) is 5. The lowest BCUT2D eigenvalue weighted by atomic mass is 9.92. The Bertz CT molecular complexity index is 1020. The van der Waals surface area contributed by atoms with Crippen molar-refractivity contribution in [3.8, 4) is 0 Å². The molecule has 1 aliphatic rings. The van der Waals surface area contributed by atoms with Gasteiger partial charge in [0.1, 0.15) is 5.78 Å². The minimum absolute atomic E-state index is 0.00885. The van der Waals surface area contributed by atoms with E-state index in [1.165, 1.54) is 11.8 Å². The molecule has 31 heavy (non-hydrogen) atoms. The second kappa shape index (κ2) is 9.98. The smallest absolute Gasteiger partial charge is 0.262 e. The van der Waals surface area contributed by atoms with Crippen LogP contribution in [0.25, 0.3) is 10.9 Å². The molecule has 1 aromatic heterocycles. The Morgan fingerprint density at radius 1 is 1.13 bits per heavy atom. The van der Waals surface area contributed by atoms with Crippen LogP contribution in [0.2, 0.25) is 0 Å². The largest absolute Gasteiger partial charge is 0.339 e. The SMILES string of the molecule is CCCCCn1c(SCC(=O)C(C)(C)C)nc2cc(C(=O)N3CCCC3)ccc2c1=O. The molecule has 2 heterocycles. The Balaban J connectivity index is 1.98. The molecule has 0 saturated carbocycles. The van der Waals surface area contributed by atoms with Crippen molar-refractivity contribution in [2.75, 3.05) is 18.8 Å². The van der Waals surface area contributed by atoms with E-state index in [-0.39, 0.29) is 23.0 Å². The highest BCUT2D eigenvalue weighted by Crippen LogP contribution is 2.24. The van der Waals surface area contributed by atoms with Crippen LogP contribution >= 0.6 is 11.8 Å². The normalized spacial score (nSPS) is 14.4. The first-order valence-corrected chi connectivity index (χ1v) is 12.2. The molecule has 0 N–H and O–H groups in total. The first kappa shape index (κ1) is 23.5. The molecule has 0 bridgehead atoms. The van der Waals surface area contributed by atoms with Crippen LogP contribution in [0, 0.1) is 5.41 Å². The zero-order valence-electron chi connectivity index (χ0n) is 19.1. The lowest BCUT2D eigenvalue weighted by molar-refractivity contribution is -0.123. The number of Topliss-reactive ketones (excluding diaryl/α,β-unsaturated/α-hetero) is 1. The summed E-state index contributed by atoms with van der Waals surface area (Å²) in [4.78, 5) is 45.1. The van der Waals surface area contributed by atoms with E-state index in [1.54, 1.807) is 22.8 Å². The summed E-state index contributed by atoms with van der Waals surface area (Å²) in [7, 11) is 0. The van der Waals surface area contributed by atoms with E-state index in [9.17, 15) is 14.4 Å². The van der Waals surface area contributed by atoms with E-state index in [1.807, 2.05) is 25.7 Å². The van der Waals surface area contributed by atoms with Gasteiger partial charge in [0.2, 0.25) is 0 Å². The van der Waals surface area contributed by atoms with E-state index < -0.39 is 5.41 Å². The molecule has 0 radical (unpaired) electrons. The van der Waals surface area contributed by atoms with Crippen LogP contribution in [0.5, 0.6) is 0 Å². The van der Waals surface area contributed by atoms with Gasteiger partial charge in [-0.3, -0.25) is 19.0 Å². The van der Waals surface area contributed by atoms with Crippen LogP contribution in [0.1, 0.15) is 70.2 Å². The lowest BCUT2D eigenvalue weighted by Crippen LogP contribution is -2.28. The molecule has 0 unspecified atom stereocenters. The van der Waals surface area contributed by atoms with Crippen molar-refractivity contribution in [2.24, 2.45) is 5.41 Å². The highest BCUT2D eigenvalue weighted by molar-refractivity contribution is 7.99. The molecule has 2 aromatic rings. The minimum Gasteiger partial charge on any atom is -0.339 e. The highest BCUT2D eigenvalue weighted by Gasteiger charge is 2.23. The Kier molecular flexibility index (Phi) is 7.57. The van der Waals surface area contributed by atoms with Crippen LogP contribution in [-0.2, 0) is 11.3 Å². The summed E-state index contributed by atoms with van der Waals surface area (Å²) in [5, 5.41) is 1.07. The van der Waals surface area contributed by atoms with Crippen molar-refractivity contribution >= 4 is 34.4 Å². The molecule has 0 spiro atoms. The zero-order chi connectivity index (χ0) is 22.6. The summed E-state index contributed by atoms with van der Waals surface area (Å²) in [6.45, 7) is 9.95. The highest BCUT2D eigenvalue weighted by atomic mass is 32.2. The molecule has 1 aromatic carbocycles. The third-order valence-electron chi connectivity index (χ3n) is 5.71. The molecule has 0 atom stereocenters. The predicted molar refractivity (Wildman–Crippen MR) is 126 cm³/mol. The predicted octanol–water partition coefficient (Wildman–Crippen LogP) is 4.53. The molecule has 0 aliphatic carbocycles. The Morgan fingerprint density at radius 3 is 2.48 bits per heavy atom. The monoisotopic (exact) mass is 443 g/mol. The number of ketones is 1. The second-order valence-corrected chi connectivity index (χ2v) is 10.2. The molecule has 1 amide bonds. The third kappa shape index (κ3) is 5.56. The van der Waals surface area contributed by atoms with Gasteiger partial charge in [-0.05, 0) is 37.5 Å². The quantitative estimate of drug-likeness (QED) is 0.340. The summed E-state index contributed by atoms with van der Waals surface area (Å²) in [6.07, 6.45) is 5.03. The average Bonchev–Trinajstić information content (AvgIpc) is 3.27. The maximum atomic E-state index is 13.3. The fourth-order valence-corrected chi connectivity index (χ4v) is 4.80. The summed E-state index contributed by atoms with van der Waals surface area (Å²) < 4.78 is 1.70. The number of carbonyl (C=O) groups excluding carboxylic acids is 2. The molecule has 1 fully saturated rings. The van der Waals surface area contributed by atoms with Gasteiger partial charge in [0, 0.05) is 30.6 Å². The molecule has 1 aliphatic heterocycles. The van der Waals surface area contributed by atoms with Gasteiger partial charge in [-0.1, -0.05) is 52.3 Å². The van der Waals surface area contributed by atoms with Crippen LogP contribution in [0.4, 0.5) is 0 Å². The number of fused-ring (bicyclic) bond motifs is 1. The maximum absolute atomic E-state index is 13.3. The van der Waals surface area contributed by atoms with E-state index >= 15 is 0 Å². The summed E-state index contributed by atoms with van der Waals surface area (Å²) in [6, 6.07) is 5.18. The number of unbranched alkanes of at least 4 members (excludes halogenated alkanes) is 2. The Labute approximate surface area is 188 Å². The molecule has 168 valence electrons. The fourth-order valence-electron chi connectivity index (χ4n) is 3.61. The van der Waals surface area contributed by atoms with E-state index in [0.29, 0.717) is 28.2 Å². The molecule has 3 rings (SSSR count). The van der Waals surface area contributed by atoms with Crippen molar-refractivity contribution < 1.29 is 9.59 Å². The minimum atomic E-state index is -0.438. The Hall–Kier alpha value is -2.15. The van der Waals surface area contributed by atoms with Crippen molar-refractivity contribution in [2.45, 2.75) is 71.5 Å². The summed E-state index contributed by atoms with van der Waals surface area (Å²) in [5.74, 6) is 0.372. The first-order valence-electron chi connectivity index (χ1n) is 11.2. The molecule has 1 saturated heterocycles. The van der Waals surface area contributed by atoms with Gasteiger partial charge < -0.3 is 4.90 Å². The number of benzene rings is 1. The van der Waals surface area contributed by atoms with Crippen LogP contribution in [-0.4, -0.2) is 45.0 Å². The van der Waals surface area contributed by atoms with Crippen molar-refractivity contribution in [1.29, 1.82) is 0 Å². The van der Waals surface area contributed by atoms with Crippen molar-refractivity contribution in [1.82, 2.24) is 14.5 Å². The van der Waals surface area contributed by atoms with Gasteiger partial charge in [0.25, 0.3) is 11.5 Å². The number of thioether (sulfide) groups is 1. The first-order chi connectivity index (χ1) is 14.7. The number of rotatable bonds is 8. The second-order valence-electron chi connectivity index (χ2n) is 9.25. The number of amides is 1. The van der Waals surface area contributed by atoms with Crippen LogP contribution < -0.4 is 5.56 Å². The average molecular weight is 444 g/mol. The molecule has 7 heteroatoms. The molecule has 6 nitrogen and oxygen atoms in total. The van der Waals surface area contributed by atoms with Gasteiger partial charge >= 0.3 is 0 Å². The number of aromatic nitrogens is 2. The fraction of sp³-hybridized carbons (Fsp3) is 0.583. The molecular formula is C24H33N3O3S. The van der Waals surface area contributed by atoms with Crippen molar-refractivity contribution in [3.05, 3.63) is 34.1 Å². The van der Waals surface area contributed by atoms with Crippen molar-refractivity contribution in [3.63, 3.8) is 0 Å². The van der Waals surface area contributed by atoms with Gasteiger partial charge in [-0.15, -0.1) is 0 Å². The Morgan fingerprint density at radius 2 is 1.84 bits per heavy atom. The molecular weight excluding hydrogens is 410 g/mol. The standard InChI is InChI=1S/C24H33N3O3S/c1-5-6-7-14-27-22(30)18-11-10-17(21(29)26-12-8-9-13-26)15-19(18)25-23(27)31-16-20(28)24(2,3)4/h10-11,15H,5-9,12-14,16H2,1-4H3. The number of hydrogen-bond donors (Lipinski definition) is 0. The third-order valence-corrected chi connectivity index (χ3v) is 6.69. The van der Waals surface area contributed by atoms with Gasteiger partial charge in [0.15, 0.2) is 5.16 Å². The lowest BCUT2D eigenvalue weighted by Gasteiger charge is -2.18. The zero-order valence-corrected chi connectivity index (χ0v) is 19.9. The van der Waals surface area contributed by atoms with E-state index in [2.05, 4.69) is 6.92 Å². The topological polar surface area (TPSA) is 72.3 Å². The summed E-state index contributed by atoms with van der Waals surface area (Å²) >= 11 is 1.32. The van der Waals surface area contributed by atoms with Crippen LogP contribution in [0.15, 0.2) is 28.2 Å². The number of carbonyl (C=O) groups is 2. The van der Waals surface area contributed by atoms with Gasteiger partial charge in [0.05, 0.1) is 16.7 Å². The van der Waals surface area contributed by atoms with E-state index in [4.69, 9.17) is 4.98 Å². The number of nitrogens with zero attached hydrogens (tertiary/aromatic N) is 3.